The summed E-state index contributed by atoms with van der Waals surface area (Å²) >= 11 is 0. The predicted octanol–water partition coefficient (Wildman–Crippen LogP) is 4.00. The Balaban J connectivity index is 1.35. The van der Waals surface area contributed by atoms with Crippen LogP contribution in [0, 0.1) is 34.5 Å². The molecule has 5 fully saturated rings. The first kappa shape index (κ1) is 21.2. The average Bonchev–Trinajstić information content (AvgIpc) is 3.41. The third-order valence-corrected chi connectivity index (χ3v) is 10.2. The van der Waals surface area contributed by atoms with Crippen LogP contribution < -0.4 is 0 Å². The highest BCUT2D eigenvalue weighted by Crippen LogP contribution is 2.68. The molecule has 32 heavy (non-hydrogen) atoms. The van der Waals surface area contributed by atoms with E-state index >= 15 is 0 Å². The van der Waals surface area contributed by atoms with Crippen molar-refractivity contribution in [2.24, 2.45) is 34.5 Å². The zero-order chi connectivity index (χ0) is 22.1. The largest absolute Gasteiger partial charge is 0.490 e. The number of hydrogen-bond donors (Lipinski definition) is 0. The van der Waals surface area contributed by atoms with Crippen LogP contribution in [-0.2, 0) is 28.5 Å². The van der Waals surface area contributed by atoms with Gasteiger partial charge in [0.1, 0.15) is 0 Å². The first-order valence-corrected chi connectivity index (χ1v) is 12.4. The van der Waals surface area contributed by atoms with Crippen molar-refractivity contribution >= 4 is 5.97 Å². The molecule has 6 heteroatoms. The Morgan fingerprint density at radius 2 is 1.94 bits per heavy atom. The van der Waals surface area contributed by atoms with Gasteiger partial charge in [0.25, 0.3) is 0 Å². The number of methoxy groups -OCH3 is 2. The number of fused-ring (bicyclic) bond motifs is 5. The molecule has 0 aromatic heterocycles. The first-order valence-electron chi connectivity index (χ1n) is 12.4. The summed E-state index contributed by atoms with van der Waals surface area (Å²) < 4.78 is 29.4. The van der Waals surface area contributed by atoms with Crippen LogP contribution in [0.3, 0.4) is 0 Å². The summed E-state index contributed by atoms with van der Waals surface area (Å²) in [5, 5.41) is 0. The van der Waals surface area contributed by atoms with Crippen molar-refractivity contribution in [3.8, 4) is 0 Å². The molecule has 3 saturated carbocycles. The highest BCUT2D eigenvalue weighted by Gasteiger charge is 2.65. The molecule has 4 aliphatic carbocycles. The number of carbonyl (C=O) groups excluding carboxylic acids is 1. The second-order valence-electron chi connectivity index (χ2n) is 11.1. The number of esters is 1. The van der Waals surface area contributed by atoms with Crippen molar-refractivity contribution < 1.29 is 28.5 Å². The van der Waals surface area contributed by atoms with Crippen LogP contribution in [0.25, 0.3) is 0 Å². The lowest BCUT2D eigenvalue weighted by atomic mass is 9.45. The molecule has 0 radical (unpaired) electrons. The van der Waals surface area contributed by atoms with E-state index in [1.54, 1.807) is 7.11 Å². The van der Waals surface area contributed by atoms with Gasteiger partial charge in [-0.2, -0.15) is 0 Å². The van der Waals surface area contributed by atoms with E-state index in [4.69, 9.17) is 23.7 Å². The van der Waals surface area contributed by atoms with Gasteiger partial charge in [-0.1, -0.05) is 18.6 Å². The molecule has 2 bridgehead atoms. The van der Waals surface area contributed by atoms with Crippen molar-refractivity contribution in [3.05, 3.63) is 23.0 Å². The van der Waals surface area contributed by atoms with Crippen LogP contribution in [0.5, 0.6) is 0 Å². The molecule has 6 nitrogen and oxygen atoms in total. The van der Waals surface area contributed by atoms with Crippen molar-refractivity contribution in [2.75, 3.05) is 40.6 Å². The Morgan fingerprint density at radius 3 is 2.69 bits per heavy atom. The third kappa shape index (κ3) is 2.66. The SMILES string of the molecule is COC(=O)C(OC)=C1CCC2C3CC=C4CC5(OCCO5)C5COCC4(C5)C3CCC12C. The Labute approximate surface area is 190 Å². The summed E-state index contributed by atoms with van der Waals surface area (Å²) in [6, 6.07) is 0. The fourth-order valence-corrected chi connectivity index (χ4v) is 8.80. The average molecular weight is 445 g/mol. The monoisotopic (exact) mass is 444 g/mol. The Hall–Kier alpha value is -1.37. The molecular formula is C26H36O6. The molecule has 2 aliphatic heterocycles. The smallest absolute Gasteiger partial charge is 0.373 e. The van der Waals surface area contributed by atoms with Crippen LogP contribution >= 0.6 is 0 Å². The minimum Gasteiger partial charge on any atom is -0.490 e. The number of rotatable bonds is 2. The molecule has 2 spiro atoms. The van der Waals surface area contributed by atoms with Crippen molar-refractivity contribution in [1.82, 2.24) is 0 Å². The topological polar surface area (TPSA) is 63.2 Å². The van der Waals surface area contributed by atoms with E-state index in [1.807, 2.05) is 0 Å². The van der Waals surface area contributed by atoms with Crippen LogP contribution in [0.1, 0.15) is 51.9 Å². The van der Waals surface area contributed by atoms with Gasteiger partial charge in [-0.3, -0.25) is 0 Å². The van der Waals surface area contributed by atoms with E-state index < -0.39 is 5.79 Å². The van der Waals surface area contributed by atoms with E-state index in [-0.39, 0.29) is 16.8 Å². The van der Waals surface area contributed by atoms with Gasteiger partial charge in [0.05, 0.1) is 40.6 Å². The first-order chi connectivity index (χ1) is 15.5. The lowest BCUT2D eigenvalue weighted by molar-refractivity contribution is -0.258. The number of carbonyl (C=O) groups is 1. The molecular weight excluding hydrogens is 408 g/mol. The lowest BCUT2D eigenvalue weighted by Crippen LogP contribution is -2.61. The lowest BCUT2D eigenvalue weighted by Gasteiger charge is -2.62. The van der Waals surface area contributed by atoms with E-state index in [1.165, 1.54) is 24.7 Å². The summed E-state index contributed by atoms with van der Waals surface area (Å²) in [5.74, 6) is 1.78. The molecule has 6 atom stereocenters. The molecule has 2 heterocycles. The molecule has 2 saturated heterocycles. The molecule has 0 amide bonds. The van der Waals surface area contributed by atoms with Crippen molar-refractivity contribution in [1.29, 1.82) is 0 Å². The molecule has 6 unspecified atom stereocenters. The van der Waals surface area contributed by atoms with Crippen molar-refractivity contribution in [3.63, 3.8) is 0 Å². The summed E-state index contributed by atoms with van der Waals surface area (Å²) in [6.07, 6.45) is 9.97. The van der Waals surface area contributed by atoms with Crippen LogP contribution in [0.4, 0.5) is 0 Å². The van der Waals surface area contributed by atoms with E-state index in [0.29, 0.717) is 42.6 Å². The molecule has 176 valence electrons. The maximum atomic E-state index is 12.4. The zero-order valence-electron chi connectivity index (χ0n) is 19.6. The molecule has 0 N–H and O–H groups in total. The highest BCUT2D eigenvalue weighted by atomic mass is 16.7. The molecule has 6 rings (SSSR count). The minimum absolute atomic E-state index is 0.00513. The number of ether oxygens (including phenoxy) is 5. The molecule has 0 aromatic carbocycles. The van der Waals surface area contributed by atoms with E-state index in [2.05, 4.69) is 13.0 Å². The summed E-state index contributed by atoms with van der Waals surface area (Å²) in [7, 11) is 3.04. The Bertz CT molecular complexity index is 870. The van der Waals surface area contributed by atoms with Crippen molar-refractivity contribution in [2.45, 2.75) is 57.7 Å². The van der Waals surface area contributed by atoms with Gasteiger partial charge < -0.3 is 23.7 Å². The second-order valence-corrected chi connectivity index (χ2v) is 11.1. The van der Waals surface area contributed by atoms with Gasteiger partial charge in [0.2, 0.25) is 5.76 Å². The summed E-state index contributed by atoms with van der Waals surface area (Å²) in [6.45, 7) is 5.34. The van der Waals surface area contributed by atoms with Gasteiger partial charge in [0, 0.05) is 17.8 Å². The maximum Gasteiger partial charge on any atom is 0.373 e. The van der Waals surface area contributed by atoms with E-state index in [0.717, 1.165) is 51.7 Å². The summed E-state index contributed by atoms with van der Waals surface area (Å²) in [5.41, 5.74) is 2.84. The van der Waals surface area contributed by atoms with Gasteiger partial charge in [-0.15, -0.1) is 0 Å². The fraction of sp³-hybridized carbons (Fsp3) is 0.808. The number of hydrogen-bond acceptors (Lipinski definition) is 6. The standard InChI is InChI=1S/C26H36O6/c1-24-9-8-20-18(19(24)6-7-21(24)22(28-2)23(27)29-3)5-4-16-13-26(31-10-11-32-26)17-12-25(16,20)15-30-14-17/h4,17-20H,5-15H2,1-3H3. The normalized spacial score (nSPS) is 45.4. The second kappa shape index (κ2) is 7.31. The molecule has 6 aliphatic rings. The predicted molar refractivity (Wildman–Crippen MR) is 116 cm³/mol. The van der Waals surface area contributed by atoms with Gasteiger partial charge in [0.15, 0.2) is 5.79 Å². The minimum atomic E-state index is -0.455. The van der Waals surface area contributed by atoms with Gasteiger partial charge in [-0.05, 0) is 67.3 Å². The zero-order valence-corrected chi connectivity index (χ0v) is 19.6. The Kier molecular flexibility index (Phi) is 4.84. The third-order valence-electron chi connectivity index (χ3n) is 10.2. The van der Waals surface area contributed by atoms with Crippen LogP contribution in [0.2, 0.25) is 0 Å². The fourth-order valence-electron chi connectivity index (χ4n) is 8.80. The van der Waals surface area contributed by atoms with Gasteiger partial charge >= 0.3 is 5.97 Å². The quantitative estimate of drug-likeness (QED) is 0.278. The van der Waals surface area contributed by atoms with Gasteiger partial charge in [-0.25, -0.2) is 4.79 Å². The summed E-state index contributed by atoms with van der Waals surface area (Å²) in [4.78, 5) is 12.4. The highest BCUT2D eigenvalue weighted by molar-refractivity contribution is 5.87. The van der Waals surface area contributed by atoms with Crippen LogP contribution in [-0.4, -0.2) is 52.4 Å². The number of allylic oxidation sites excluding steroid dienone is 2. The van der Waals surface area contributed by atoms with Crippen LogP contribution in [0.15, 0.2) is 23.0 Å². The van der Waals surface area contributed by atoms with E-state index in [9.17, 15) is 4.79 Å². The molecule has 0 aromatic rings. The maximum absolute atomic E-state index is 12.4. The Morgan fingerprint density at radius 1 is 1.12 bits per heavy atom.